The molecule has 3 N–H and O–H groups in total. The van der Waals surface area contributed by atoms with Crippen LogP contribution >= 0.6 is 0 Å². The molecule has 0 aliphatic heterocycles. The molecule has 6 nitrogen and oxygen atoms in total. The van der Waals surface area contributed by atoms with Gasteiger partial charge in [-0.1, -0.05) is 12.1 Å². The Balaban J connectivity index is 1.72. The summed E-state index contributed by atoms with van der Waals surface area (Å²) in [5.41, 5.74) is 8.64. The smallest absolute Gasteiger partial charge is 0.229 e. The third kappa shape index (κ3) is 3.04. The van der Waals surface area contributed by atoms with Gasteiger partial charge in [0.1, 0.15) is 5.75 Å². The van der Waals surface area contributed by atoms with Crippen molar-refractivity contribution < 1.29 is 9.53 Å². The summed E-state index contributed by atoms with van der Waals surface area (Å²) < 4.78 is 7.20. The predicted molar refractivity (Wildman–Crippen MR) is 102 cm³/mol. The van der Waals surface area contributed by atoms with Crippen LogP contribution in [0.2, 0.25) is 0 Å². The molecule has 2 unspecified atom stereocenters. The number of anilines is 1. The normalized spacial score (nSPS) is 19.6. The van der Waals surface area contributed by atoms with Gasteiger partial charge in [-0.25, -0.2) is 4.98 Å². The molecule has 26 heavy (non-hydrogen) atoms. The maximum Gasteiger partial charge on any atom is 0.229 e. The Kier molecular flexibility index (Phi) is 4.34. The van der Waals surface area contributed by atoms with Crippen molar-refractivity contribution in [3.63, 3.8) is 0 Å². The molecule has 1 aromatic heterocycles. The highest BCUT2D eigenvalue weighted by molar-refractivity contribution is 5.94. The van der Waals surface area contributed by atoms with Gasteiger partial charge in [0, 0.05) is 17.6 Å². The molecule has 1 amide bonds. The first-order valence-corrected chi connectivity index (χ1v) is 8.84. The monoisotopic (exact) mass is 350 g/mol. The second kappa shape index (κ2) is 6.80. The lowest BCUT2D eigenvalue weighted by atomic mass is 10.1. The van der Waals surface area contributed by atoms with E-state index in [4.69, 9.17) is 10.5 Å². The Labute approximate surface area is 152 Å². The molecule has 1 saturated carbocycles. The molecule has 0 spiro atoms. The Hall–Kier alpha value is -2.86. The SMILES string of the molecule is COc1ccc(-n2c(NC(=O)C3CCC(N)C3)nc3ccccc32)cc1. The number of rotatable bonds is 4. The number of hydrogen-bond donors (Lipinski definition) is 2. The van der Waals surface area contributed by atoms with Crippen molar-refractivity contribution >= 4 is 22.9 Å². The van der Waals surface area contributed by atoms with E-state index in [1.807, 2.05) is 53.1 Å². The van der Waals surface area contributed by atoms with Crippen LogP contribution in [0.5, 0.6) is 5.75 Å². The van der Waals surface area contributed by atoms with Gasteiger partial charge in [0.2, 0.25) is 11.9 Å². The number of imidazole rings is 1. The highest BCUT2D eigenvalue weighted by Gasteiger charge is 2.29. The third-order valence-electron chi connectivity index (χ3n) is 4.97. The van der Waals surface area contributed by atoms with Crippen LogP contribution in [0.4, 0.5) is 5.95 Å². The van der Waals surface area contributed by atoms with Crippen molar-refractivity contribution in [3.8, 4) is 11.4 Å². The van der Waals surface area contributed by atoms with Crippen LogP contribution in [0.25, 0.3) is 16.7 Å². The molecule has 1 fully saturated rings. The number of para-hydroxylation sites is 2. The highest BCUT2D eigenvalue weighted by Crippen LogP contribution is 2.29. The number of nitrogens with zero attached hydrogens (tertiary/aromatic N) is 2. The largest absolute Gasteiger partial charge is 0.497 e. The summed E-state index contributed by atoms with van der Waals surface area (Å²) in [6.45, 7) is 0. The zero-order valence-corrected chi connectivity index (χ0v) is 14.7. The Bertz CT molecular complexity index is 933. The van der Waals surface area contributed by atoms with Gasteiger partial charge in [-0.3, -0.25) is 14.7 Å². The summed E-state index contributed by atoms with van der Waals surface area (Å²) in [5, 5.41) is 3.02. The number of amides is 1. The Morgan fingerprint density at radius 3 is 2.65 bits per heavy atom. The number of benzene rings is 2. The van der Waals surface area contributed by atoms with E-state index in [9.17, 15) is 4.79 Å². The van der Waals surface area contributed by atoms with E-state index in [0.717, 1.165) is 41.7 Å². The Morgan fingerprint density at radius 1 is 1.19 bits per heavy atom. The topological polar surface area (TPSA) is 82.2 Å². The van der Waals surface area contributed by atoms with Crippen molar-refractivity contribution in [2.75, 3.05) is 12.4 Å². The first kappa shape index (κ1) is 16.6. The number of aromatic nitrogens is 2. The molecular formula is C20H22N4O2. The molecule has 0 radical (unpaired) electrons. The van der Waals surface area contributed by atoms with Gasteiger partial charge < -0.3 is 10.5 Å². The second-order valence-corrected chi connectivity index (χ2v) is 6.72. The fourth-order valence-electron chi connectivity index (χ4n) is 3.57. The zero-order chi connectivity index (χ0) is 18.1. The van der Waals surface area contributed by atoms with E-state index in [0.29, 0.717) is 5.95 Å². The number of nitrogens with two attached hydrogens (primary N) is 1. The van der Waals surface area contributed by atoms with Crippen LogP contribution in [-0.4, -0.2) is 28.6 Å². The molecule has 3 aromatic rings. The standard InChI is InChI=1S/C20H22N4O2/c1-26-16-10-8-15(9-11-16)24-18-5-3-2-4-17(18)22-20(24)23-19(25)13-6-7-14(21)12-13/h2-5,8-11,13-14H,6-7,12,21H2,1H3,(H,22,23,25). The quantitative estimate of drug-likeness (QED) is 0.757. The average Bonchev–Trinajstić information content (AvgIpc) is 3.25. The molecule has 2 aromatic carbocycles. The van der Waals surface area contributed by atoms with Gasteiger partial charge >= 0.3 is 0 Å². The molecule has 1 aliphatic rings. The van der Waals surface area contributed by atoms with E-state index < -0.39 is 0 Å². The Morgan fingerprint density at radius 2 is 1.96 bits per heavy atom. The molecular weight excluding hydrogens is 328 g/mol. The number of nitrogens with one attached hydrogen (secondary N) is 1. The van der Waals surface area contributed by atoms with Crippen molar-refractivity contribution in [1.29, 1.82) is 0 Å². The number of carbonyl (C=O) groups excluding carboxylic acids is 1. The summed E-state index contributed by atoms with van der Waals surface area (Å²) in [7, 11) is 1.64. The maximum atomic E-state index is 12.7. The van der Waals surface area contributed by atoms with Crippen LogP contribution in [-0.2, 0) is 4.79 Å². The van der Waals surface area contributed by atoms with E-state index in [2.05, 4.69) is 10.3 Å². The fourth-order valence-corrected chi connectivity index (χ4v) is 3.57. The molecule has 2 atom stereocenters. The van der Waals surface area contributed by atoms with Crippen LogP contribution in [0.3, 0.4) is 0 Å². The van der Waals surface area contributed by atoms with E-state index in [-0.39, 0.29) is 17.9 Å². The van der Waals surface area contributed by atoms with Crippen LogP contribution in [0.1, 0.15) is 19.3 Å². The number of carbonyl (C=O) groups is 1. The predicted octanol–water partition coefficient (Wildman–Crippen LogP) is 3.10. The van der Waals surface area contributed by atoms with Gasteiger partial charge in [0.15, 0.2) is 0 Å². The van der Waals surface area contributed by atoms with Gasteiger partial charge in [-0.05, 0) is 55.7 Å². The minimum Gasteiger partial charge on any atom is -0.497 e. The molecule has 1 heterocycles. The molecule has 0 saturated heterocycles. The van der Waals surface area contributed by atoms with Crippen LogP contribution < -0.4 is 15.8 Å². The lowest BCUT2D eigenvalue weighted by Gasteiger charge is -2.13. The van der Waals surface area contributed by atoms with Crippen molar-refractivity contribution in [2.24, 2.45) is 11.7 Å². The van der Waals surface area contributed by atoms with Crippen LogP contribution in [0, 0.1) is 5.92 Å². The van der Waals surface area contributed by atoms with Gasteiger partial charge in [0.25, 0.3) is 0 Å². The number of hydrogen-bond acceptors (Lipinski definition) is 4. The molecule has 1 aliphatic carbocycles. The number of methoxy groups -OCH3 is 1. The van der Waals surface area contributed by atoms with Crippen LogP contribution in [0.15, 0.2) is 48.5 Å². The average molecular weight is 350 g/mol. The van der Waals surface area contributed by atoms with Crippen molar-refractivity contribution in [2.45, 2.75) is 25.3 Å². The maximum absolute atomic E-state index is 12.7. The first-order valence-electron chi connectivity index (χ1n) is 8.84. The van der Waals surface area contributed by atoms with Gasteiger partial charge in [-0.2, -0.15) is 0 Å². The summed E-state index contributed by atoms with van der Waals surface area (Å²) in [4.78, 5) is 17.3. The minimum atomic E-state index is -0.0471. The number of ether oxygens (including phenoxy) is 1. The molecule has 4 rings (SSSR count). The van der Waals surface area contributed by atoms with E-state index in [1.54, 1.807) is 7.11 Å². The molecule has 6 heteroatoms. The van der Waals surface area contributed by atoms with Gasteiger partial charge in [-0.15, -0.1) is 0 Å². The summed E-state index contributed by atoms with van der Waals surface area (Å²) in [5.74, 6) is 1.25. The summed E-state index contributed by atoms with van der Waals surface area (Å²) in [6.07, 6.45) is 2.46. The van der Waals surface area contributed by atoms with Gasteiger partial charge in [0.05, 0.1) is 18.1 Å². The summed E-state index contributed by atoms with van der Waals surface area (Å²) in [6, 6.07) is 15.6. The number of fused-ring (bicyclic) bond motifs is 1. The second-order valence-electron chi connectivity index (χ2n) is 6.72. The lowest BCUT2D eigenvalue weighted by Crippen LogP contribution is -2.24. The highest BCUT2D eigenvalue weighted by atomic mass is 16.5. The minimum absolute atomic E-state index is 0.0111. The third-order valence-corrected chi connectivity index (χ3v) is 4.97. The first-order chi connectivity index (χ1) is 12.7. The molecule has 0 bridgehead atoms. The summed E-state index contributed by atoms with van der Waals surface area (Å²) >= 11 is 0. The van der Waals surface area contributed by atoms with Crippen molar-refractivity contribution in [1.82, 2.24) is 9.55 Å². The lowest BCUT2D eigenvalue weighted by molar-refractivity contribution is -0.119. The fraction of sp³-hybridized carbons (Fsp3) is 0.300. The van der Waals surface area contributed by atoms with E-state index in [1.165, 1.54) is 0 Å². The van der Waals surface area contributed by atoms with E-state index >= 15 is 0 Å². The van der Waals surface area contributed by atoms with Crippen molar-refractivity contribution in [3.05, 3.63) is 48.5 Å². The molecule has 134 valence electrons. The zero-order valence-electron chi connectivity index (χ0n) is 14.7.